The lowest BCUT2D eigenvalue weighted by Crippen LogP contribution is -2.23. The van der Waals surface area contributed by atoms with Gasteiger partial charge in [0.15, 0.2) is 0 Å². The highest BCUT2D eigenvalue weighted by atomic mass is 16.5. The minimum Gasteiger partial charge on any atom is -0.466 e. The van der Waals surface area contributed by atoms with Gasteiger partial charge in [0.05, 0.1) is 18.1 Å². The SMILES string of the molecule is CCOC(=O)C1CCC(c2ccc(N)c3c2CN(C)C3=O)CC1. The summed E-state index contributed by atoms with van der Waals surface area (Å²) in [6, 6.07) is 3.92. The lowest BCUT2D eigenvalue weighted by Gasteiger charge is -2.28. The summed E-state index contributed by atoms with van der Waals surface area (Å²) >= 11 is 0. The molecular weight excluding hydrogens is 292 g/mol. The van der Waals surface area contributed by atoms with E-state index < -0.39 is 0 Å². The number of carbonyl (C=O) groups excluding carboxylic acids is 2. The van der Waals surface area contributed by atoms with Gasteiger partial charge in [-0.3, -0.25) is 9.59 Å². The average Bonchev–Trinajstić information content (AvgIpc) is 2.84. The van der Waals surface area contributed by atoms with E-state index in [4.69, 9.17) is 10.5 Å². The van der Waals surface area contributed by atoms with Crippen LogP contribution in [-0.4, -0.2) is 30.4 Å². The molecule has 0 bridgehead atoms. The predicted octanol–water partition coefficient (Wildman–Crippen LogP) is 2.69. The fraction of sp³-hybridized carbons (Fsp3) is 0.556. The Morgan fingerprint density at radius 1 is 1.30 bits per heavy atom. The van der Waals surface area contributed by atoms with Crippen LogP contribution in [0.3, 0.4) is 0 Å². The summed E-state index contributed by atoms with van der Waals surface area (Å²) in [5.74, 6) is 0.370. The lowest BCUT2D eigenvalue weighted by molar-refractivity contribution is -0.149. The van der Waals surface area contributed by atoms with Crippen molar-refractivity contribution in [3.8, 4) is 0 Å². The highest BCUT2D eigenvalue weighted by molar-refractivity contribution is 6.03. The molecule has 0 saturated heterocycles. The topological polar surface area (TPSA) is 72.6 Å². The van der Waals surface area contributed by atoms with E-state index in [1.54, 1.807) is 4.90 Å². The van der Waals surface area contributed by atoms with E-state index in [-0.39, 0.29) is 17.8 Å². The lowest BCUT2D eigenvalue weighted by atomic mass is 9.77. The van der Waals surface area contributed by atoms with Crippen molar-refractivity contribution in [3.63, 3.8) is 0 Å². The molecule has 1 amide bonds. The van der Waals surface area contributed by atoms with Crippen LogP contribution in [0.15, 0.2) is 12.1 Å². The van der Waals surface area contributed by atoms with E-state index in [0.29, 0.717) is 30.3 Å². The van der Waals surface area contributed by atoms with Crippen molar-refractivity contribution in [2.24, 2.45) is 5.92 Å². The van der Waals surface area contributed by atoms with Gasteiger partial charge in [0.2, 0.25) is 0 Å². The molecule has 1 aromatic carbocycles. The number of nitrogens with two attached hydrogens (primary N) is 1. The maximum absolute atomic E-state index is 12.3. The quantitative estimate of drug-likeness (QED) is 0.687. The molecule has 1 aromatic rings. The van der Waals surface area contributed by atoms with Crippen LogP contribution >= 0.6 is 0 Å². The molecular formula is C18H24N2O3. The van der Waals surface area contributed by atoms with Gasteiger partial charge in [0.25, 0.3) is 5.91 Å². The van der Waals surface area contributed by atoms with Crippen molar-refractivity contribution in [3.05, 3.63) is 28.8 Å². The number of esters is 1. The maximum atomic E-state index is 12.3. The number of benzene rings is 1. The van der Waals surface area contributed by atoms with Crippen molar-refractivity contribution < 1.29 is 14.3 Å². The molecule has 1 aliphatic heterocycles. The first-order valence-corrected chi connectivity index (χ1v) is 8.36. The minimum atomic E-state index is -0.0663. The third-order valence-corrected chi connectivity index (χ3v) is 5.12. The Balaban J connectivity index is 1.78. The number of hydrogen-bond donors (Lipinski definition) is 1. The Labute approximate surface area is 136 Å². The molecule has 1 aliphatic carbocycles. The summed E-state index contributed by atoms with van der Waals surface area (Å²) in [6.07, 6.45) is 3.62. The van der Waals surface area contributed by atoms with E-state index in [0.717, 1.165) is 31.2 Å². The maximum Gasteiger partial charge on any atom is 0.308 e. The fourth-order valence-corrected chi connectivity index (χ4v) is 3.89. The summed E-state index contributed by atoms with van der Waals surface area (Å²) in [4.78, 5) is 25.8. The number of fused-ring (bicyclic) bond motifs is 1. The summed E-state index contributed by atoms with van der Waals surface area (Å²) in [5, 5.41) is 0. The van der Waals surface area contributed by atoms with E-state index in [2.05, 4.69) is 6.07 Å². The zero-order valence-electron chi connectivity index (χ0n) is 13.8. The van der Waals surface area contributed by atoms with Gasteiger partial charge in [0.1, 0.15) is 0 Å². The van der Waals surface area contributed by atoms with Crippen molar-refractivity contribution in [2.75, 3.05) is 19.4 Å². The summed E-state index contributed by atoms with van der Waals surface area (Å²) in [6.45, 7) is 2.92. The highest BCUT2D eigenvalue weighted by Crippen LogP contribution is 2.41. The van der Waals surface area contributed by atoms with Crippen LogP contribution in [0, 0.1) is 5.92 Å². The van der Waals surface area contributed by atoms with Gasteiger partial charge in [-0.25, -0.2) is 0 Å². The number of carbonyl (C=O) groups is 2. The van der Waals surface area contributed by atoms with Crippen LogP contribution in [0.2, 0.25) is 0 Å². The third-order valence-electron chi connectivity index (χ3n) is 5.12. The molecule has 0 aromatic heterocycles. The molecule has 1 saturated carbocycles. The molecule has 0 spiro atoms. The number of nitrogens with zero attached hydrogens (tertiary/aromatic N) is 1. The van der Waals surface area contributed by atoms with Crippen molar-refractivity contribution >= 4 is 17.6 Å². The van der Waals surface area contributed by atoms with Crippen LogP contribution in [0.5, 0.6) is 0 Å². The largest absolute Gasteiger partial charge is 0.466 e. The first-order chi connectivity index (χ1) is 11.0. The molecule has 5 nitrogen and oxygen atoms in total. The number of ether oxygens (including phenoxy) is 1. The molecule has 1 fully saturated rings. The van der Waals surface area contributed by atoms with E-state index in [9.17, 15) is 9.59 Å². The number of nitrogen functional groups attached to an aromatic ring is 1. The van der Waals surface area contributed by atoms with Gasteiger partial charge in [-0.2, -0.15) is 0 Å². The molecule has 0 unspecified atom stereocenters. The Hall–Kier alpha value is -2.04. The van der Waals surface area contributed by atoms with Crippen molar-refractivity contribution in [2.45, 2.75) is 45.1 Å². The molecule has 3 rings (SSSR count). The van der Waals surface area contributed by atoms with Gasteiger partial charge >= 0.3 is 5.97 Å². The third kappa shape index (κ3) is 2.80. The molecule has 1 heterocycles. The first-order valence-electron chi connectivity index (χ1n) is 8.36. The van der Waals surface area contributed by atoms with E-state index >= 15 is 0 Å². The zero-order valence-corrected chi connectivity index (χ0v) is 13.8. The van der Waals surface area contributed by atoms with Crippen LogP contribution in [0.1, 0.15) is 60.0 Å². The van der Waals surface area contributed by atoms with E-state index in [1.807, 2.05) is 20.0 Å². The summed E-state index contributed by atoms with van der Waals surface area (Å²) < 4.78 is 5.13. The Kier molecular flexibility index (Phi) is 4.28. The van der Waals surface area contributed by atoms with Crippen molar-refractivity contribution in [1.29, 1.82) is 0 Å². The molecule has 0 radical (unpaired) electrons. The normalized spacial score (nSPS) is 23.7. The Bertz CT molecular complexity index is 633. The molecule has 0 atom stereocenters. The van der Waals surface area contributed by atoms with Crippen LogP contribution in [0.25, 0.3) is 0 Å². The standard InChI is InChI=1S/C18H24N2O3/c1-3-23-18(22)12-6-4-11(5-7-12)13-8-9-15(19)16-14(13)10-20(2)17(16)21/h8-9,11-12H,3-7,10,19H2,1-2H3. The highest BCUT2D eigenvalue weighted by Gasteiger charge is 2.34. The predicted molar refractivity (Wildman–Crippen MR) is 88.0 cm³/mol. The van der Waals surface area contributed by atoms with Gasteiger partial charge in [-0.1, -0.05) is 6.07 Å². The second kappa shape index (κ2) is 6.22. The Morgan fingerprint density at radius 2 is 2.00 bits per heavy atom. The number of rotatable bonds is 3. The number of amides is 1. The monoisotopic (exact) mass is 316 g/mol. The van der Waals surface area contributed by atoms with Gasteiger partial charge in [0, 0.05) is 19.3 Å². The minimum absolute atomic E-state index is 0.0135. The molecule has 23 heavy (non-hydrogen) atoms. The zero-order chi connectivity index (χ0) is 16.6. The van der Waals surface area contributed by atoms with Gasteiger partial charge in [-0.15, -0.1) is 0 Å². The van der Waals surface area contributed by atoms with Crippen molar-refractivity contribution in [1.82, 2.24) is 4.90 Å². The van der Waals surface area contributed by atoms with Crippen LogP contribution < -0.4 is 5.73 Å². The first kappa shape index (κ1) is 15.8. The Morgan fingerprint density at radius 3 is 2.65 bits per heavy atom. The smallest absolute Gasteiger partial charge is 0.308 e. The molecule has 124 valence electrons. The fourth-order valence-electron chi connectivity index (χ4n) is 3.89. The summed E-state index contributed by atoms with van der Waals surface area (Å²) in [7, 11) is 1.81. The number of hydrogen-bond acceptors (Lipinski definition) is 4. The van der Waals surface area contributed by atoms with Gasteiger partial charge < -0.3 is 15.4 Å². The summed E-state index contributed by atoms with van der Waals surface area (Å²) in [5.41, 5.74) is 9.57. The van der Waals surface area contributed by atoms with Crippen LogP contribution in [0.4, 0.5) is 5.69 Å². The van der Waals surface area contributed by atoms with E-state index in [1.165, 1.54) is 5.56 Å². The molecule has 2 N–H and O–H groups in total. The second-order valence-corrected chi connectivity index (χ2v) is 6.56. The average molecular weight is 316 g/mol. The molecule has 5 heteroatoms. The van der Waals surface area contributed by atoms with Gasteiger partial charge in [-0.05, 0) is 55.7 Å². The number of anilines is 1. The van der Waals surface area contributed by atoms with Crippen LogP contribution in [-0.2, 0) is 16.1 Å². The second-order valence-electron chi connectivity index (χ2n) is 6.56. The molecule has 2 aliphatic rings.